The van der Waals surface area contributed by atoms with Gasteiger partial charge in [0.25, 0.3) is 5.91 Å². The number of rotatable bonds is 9. The molecule has 0 radical (unpaired) electrons. The Hall–Kier alpha value is -3.96. The van der Waals surface area contributed by atoms with Crippen LogP contribution in [0.25, 0.3) is 0 Å². The van der Waals surface area contributed by atoms with Crippen LogP contribution in [0.3, 0.4) is 0 Å². The molecule has 2 amide bonds. The van der Waals surface area contributed by atoms with E-state index in [2.05, 4.69) is 5.32 Å². The molecule has 0 aliphatic heterocycles. The fraction of sp³-hybridized carbons (Fsp3) is 0.250. The number of hydrogen-bond acceptors (Lipinski definition) is 7. The molecule has 0 aliphatic rings. The highest BCUT2D eigenvalue weighted by Crippen LogP contribution is 2.34. The Morgan fingerprint density at radius 1 is 0.844 bits per heavy atom. The minimum Gasteiger partial charge on any atom is -0.496 e. The second-order valence-corrected chi connectivity index (χ2v) is 6.03. The fourth-order valence-corrected chi connectivity index (χ4v) is 2.44. The van der Waals surface area contributed by atoms with Crippen molar-refractivity contribution in [2.75, 3.05) is 39.8 Å². The van der Waals surface area contributed by atoms with E-state index >= 15 is 0 Å². The zero-order valence-corrected chi connectivity index (χ0v) is 17.2. The maximum Gasteiger partial charge on any atom is 0.342 e. The Kier molecular flexibility index (Phi) is 8.27. The van der Waals surface area contributed by atoms with Crippen LogP contribution in [0.4, 0.5) is 18.9 Å². The van der Waals surface area contributed by atoms with Crippen LogP contribution in [0.1, 0.15) is 10.4 Å². The zero-order chi connectivity index (χ0) is 23.8. The van der Waals surface area contributed by atoms with Gasteiger partial charge in [-0.05, 0) is 12.1 Å². The number of benzene rings is 2. The first-order valence-electron chi connectivity index (χ1n) is 8.89. The lowest BCUT2D eigenvalue weighted by atomic mass is 10.1. The second-order valence-electron chi connectivity index (χ2n) is 6.03. The van der Waals surface area contributed by atoms with Crippen LogP contribution in [0, 0.1) is 17.5 Å². The average Bonchev–Trinajstić information content (AvgIpc) is 2.80. The summed E-state index contributed by atoms with van der Waals surface area (Å²) in [6.07, 6.45) is 0. The van der Waals surface area contributed by atoms with Crippen molar-refractivity contribution in [3.63, 3.8) is 0 Å². The molecule has 2 aromatic carbocycles. The minimum atomic E-state index is -1.75. The van der Waals surface area contributed by atoms with Crippen LogP contribution in [0.15, 0.2) is 24.3 Å². The number of carbonyl (C=O) groups is 3. The molecule has 9 nitrogen and oxygen atoms in total. The van der Waals surface area contributed by atoms with Gasteiger partial charge in [-0.1, -0.05) is 0 Å². The predicted octanol–water partition coefficient (Wildman–Crippen LogP) is 2.04. The summed E-state index contributed by atoms with van der Waals surface area (Å²) >= 11 is 0. The molecule has 2 aromatic rings. The third-order valence-corrected chi connectivity index (χ3v) is 4.02. The Morgan fingerprint density at radius 3 is 2.09 bits per heavy atom. The van der Waals surface area contributed by atoms with Crippen LogP contribution in [0.2, 0.25) is 0 Å². The smallest absolute Gasteiger partial charge is 0.342 e. The lowest BCUT2D eigenvalue weighted by Gasteiger charge is -2.13. The summed E-state index contributed by atoms with van der Waals surface area (Å²) in [5.74, 6) is -6.77. The molecule has 0 unspecified atom stereocenters. The summed E-state index contributed by atoms with van der Waals surface area (Å²) in [6.45, 7) is -1.39. The van der Waals surface area contributed by atoms with E-state index in [0.717, 1.165) is 6.07 Å². The van der Waals surface area contributed by atoms with Crippen molar-refractivity contribution in [2.24, 2.45) is 0 Å². The van der Waals surface area contributed by atoms with Crippen LogP contribution >= 0.6 is 0 Å². The lowest BCUT2D eigenvalue weighted by Crippen LogP contribution is -2.35. The molecule has 172 valence electrons. The van der Waals surface area contributed by atoms with Crippen molar-refractivity contribution < 1.29 is 46.5 Å². The van der Waals surface area contributed by atoms with Crippen molar-refractivity contribution in [3.05, 3.63) is 47.3 Å². The minimum absolute atomic E-state index is 0.0375. The second kappa shape index (κ2) is 10.9. The Morgan fingerprint density at radius 2 is 1.47 bits per heavy atom. The Labute approximate surface area is 180 Å². The van der Waals surface area contributed by atoms with Crippen LogP contribution in [-0.4, -0.2) is 52.3 Å². The van der Waals surface area contributed by atoms with Crippen LogP contribution in [0.5, 0.6) is 17.2 Å². The van der Waals surface area contributed by atoms with Crippen LogP contribution < -0.4 is 24.8 Å². The monoisotopic (exact) mass is 456 g/mol. The number of nitrogens with one attached hydrogen (secondary N) is 2. The van der Waals surface area contributed by atoms with Gasteiger partial charge in [0.05, 0.1) is 33.6 Å². The Balaban J connectivity index is 1.91. The molecule has 0 atom stereocenters. The summed E-state index contributed by atoms with van der Waals surface area (Å²) in [5, 5.41) is 4.11. The van der Waals surface area contributed by atoms with Gasteiger partial charge in [0.2, 0.25) is 5.91 Å². The SMILES string of the molecule is COc1cc(OC)c(C(=O)OCC(=O)NCC(=O)Nc2ccc(F)c(F)c2F)cc1OC. The molecule has 0 saturated carbocycles. The van der Waals surface area contributed by atoms with Gasteiger partial charge >= 0.3 is 5.97 Å². The number of anilines is 1. The van der Waals surface area contributed by atoms with Gasteiger partial charge in [-0.3, -0.25) is 9.59 Å². The number of halogens is 3. The van der Waals surface area contributed by atoms with E-state index in [1.165, 1.54) is 33.5 Å². The van der Waals surface area contributed by atoms with Crippen molar-refractivity contribution in [1.82, 2.24) is 5.32 Å². The van der Waals surface area contributed by atoms with Gasteiger partial charge in [-0.25, -0.2) is 18.0 Å². The van der Waals surface area contributed by atoms with Crippen molar-refractivity contribution >= 4 is 23.5 Å². The van der Waals surface area contributed by atoms with E-state index in [-0.39, 0.29) is 17.1 Å². The maximum absolute atomic E-state index is 13.6. The molecule has 12 heteroatoms. The van der Waals surface area contributed by atoms with Crippen molar-refractivity contribution in [2.45, 2.75) is 0 Å². The quantitative estimate of drug-likeness (QED) is 0.439. The molecule has 2 rings (SSSR count). The molecular formula is C20H19F3N2O7. The standard InChI is InChI=1S/C20H19F3N2O7/c1-29-13-7-15(31-3)14(30-2)6-10(13)20(28)32-9-17(27)24-8-16(26)25-12-5-4-11(21)18(22)19(12)23/h4-7H,8-9H2,1-3H3,(H,24,27)(H,25,26). The van der Waals surface area contributed by atoms with Gasteiger partial charge in [0.15, 0.2) is 35.6 Å². The van der Waals surface area contributed by atoms with E-state index in [9.17, 15) is 27.6 Å². The third kappa shape index (κ3) is 5.80. The van der Waals surface area contributed by atoms with Crippen LogP contribution in [-0.2, 0) is 14.3 Å². The highest BCUT2D eigenvalue weighted by Gasteiger charge is 2.20. The van der Waals surface area contributed by atoms with Gasteiger partial charge in [0, 0.05) is 12.1 Å². The highest BCUT2D eigenvalue weighted by atomic mass is 19.2. The molecular weight excluding hydrogens is 437 g/mol. The maximum atomic E-state index is 13.6. The number of esters is 1. The predicted molar refractivity (Wildman–Crippen MR) is 104 cm³/mol. The van der Waals surface area contributed by atoms with Crippen molar-refractivity contribution in [3.8, 4) is 17.2 Å². The first kappa shape index (κ1) is 24.3. The van der Waals surface area contributed by atoms with Gasteiger partial charge < -0.3 is 29.6 Å². The summed E-state index contributed by atoms with van der Waals surface area (Å²) < 4.78 is 59.8. The summed E-state index contributed by atoms with van der Waals surface area (Å²) in [5.41, 5.74) is -0.639. The summed E-state index contributed by atoms with van der Waals surface area (Å²) in [7, 11) is 4.08. The molecule has 2 N–H and O–H groups in total. The molecule has 0 fully saturated rings. The van der Waals surface area contributed by atoms with E-state index in [4.69, 9.17) is 18.9 Å². The van der Waals surface area contributed by atoms with Crippen molar-refractivity contribution in [1.29, 1.82) is 0 Å². The lowest BCUT2D eigenvalue weighted by molar-refractivity contribution is -0.126. The topological polar surface area (TPSA) is 112 Å². The van der Waals surface area contributed by atoms with E-state index in [0.29, 0.717) is 11.8 Å². The van der Waals surface area contributed by atoms with Gasteiger partial charge in [-0.15, -0.1) is 0 Å². The number of carbonyl (C=O) groups excluding carboxylic acids is 3. The molecule has 32 heavy (non-hydrogen) atoms. The summed E-state index contributed by atoms with van der Waals surface area (Å²) in [6, 6.07) is 4.17. The molecule has 0 spiro atoms. The number of methoxy groups -OCH3 is 3. The Bertz CT molecular complexity index is 1030. The number of hydrogen-bond donors (Lipinski definition) is 2. The first-order valence-corrected chi connectivity index (χ1v) is 8.89. The largest absolute Gasteiger partial charge is 0.496 e. The van der Waals surface area contributed by atoms with E-state index < -0.39 is 54.1 Å². The number of ether oxygens (including phenoxy) is 4. The van der Waals surface area contributed by atoms with Gasteiger partial charge in [0.1, 0.15) is 11.3 Å². The average molecular weight is 456 g/mol. The van der Waals surface area contributed by atoms with E-state index in [1.54, 1.807) is 0 Å². The molecule has 0 heterocycles. The first-order chi connectivity index (χ1) is 15.2. The van der Waals surface area contributed by atoms with Gasteiger partial charge in [-0.2, -0.15) is 0 Å². The highest BCUT2D eigenvalue weighted by molar-refractivity contribution is 5.96. The molecule has 0 bridgehead atoms. The molecule has 0 saturated heterocycles. The number of amides is 2. The normalized spacial score (nSPS) is 10.2. The molecule has 0 aliphatic carbocycles. The van der Waals surface area contributed by atoms with E-state index in [1.807, 2.05) is 5.32 Å². The molecule has 0 aromatic heterocycles. The zero-order valence-electron chi connectivity index (χ0n) is 17.2. The third-order valence-electron chi connectivity index (χ3n) is 4.02. The summed E-state index contributed by atoms with van der Waals surface area (Å²) in [4.78, 5) is 35.9. The fourth-order valence-electron chi connectivity index (χ4n) is 2.44.